The van der Waals surface area contributed by atoms with Crippen LogP contribution in [-0.2, 0) is 0 Å². The second kappa shape index (κ2) is 9.37. The number of nitrogens with zero attached hydrogens (tertiary/aromatic N) is 2. The van der Waals surface area contributed by atoms with Crippen molar-refractivity contribution in [2.45, 2.75) is 13.3 Å². The number of ether oxygens (including phenoxy) is 1. The van der Waals surface area contributed by atoms with Crippen molar-refractivity contribution in [2.24, 2.45) is 0 Å². The smallest absolute Gasteiger partial charge is 0.260 e. The van der Waals surface area contributed by atoms with Gasteiger partial charge in [-0.2, -0.15) is 0 Å². The molecule has 1 amide bonds. The fraction of sp³-hybridized carbons (Fsp3) is 0.333. The summed E-state index contributed by atoms with van der Waals surface area (Å²) >= 11 is 7.49. The monoisotopic (exact) mass is 418 g/mol. The molecular weight excluding hydrogens is 394 g/mol. The molecule has 28 heavy (non-hydrogen) atoms. The Bertz CT molecular complexity index is 940. The van der Waals surface area contributed by atoms with Gasteiger partial charge < -0.3 is 9.64 Å². The summed E-state index contributed by atoms with van der Waals surface area (Å²) in [5.74, 6) is 0.682. The van der Waals surface area contributed by atoms with Gasteiger partial charge in [0.2, 0.25) is 0 Å². The average molecular weight is 419 g/mol. The van der Waals surface area contributed by atoms with Gasteiger partial charge >= 0.3 is 0 Å². The Balaban J connectivity index is 1.95. The van der Waals surface area contributed by atoms with E-state index in [1.165, 1.54) is 16.2 Å². The summed E-state index contributed by atoms with van der Waals surface area (Å²) in [6, 6.07) is 12.9. The number of aromatic nitrogens is 1. The zero-order chi connectivity index (χ0) is 20.1. The van der Waals surface area contributed by atoms with Gasteiger partial charge in [0.25, 0.3) is 5.91 Å². The number of carbonyl (C=O) groups excluding carboxylic acids is 1. The van der Waals surface area contributed by atoms with E-state index in [1.54, 1.807) is 29.2 Å². The topological polar surface area (TPSA) is 46.9 Å². The molecule has 148 valence electrons. The normalized spacial score (nSPS) is 11.2. The molecule has 1 aromatic heterocycles. The number of rotatable bonds is 8. The number of anilines is 1. The Kier molecular flexibility index (Phi) is 6.88. The van der Waals surface area contributed by atoms with Crippen LogP contribution < -0.4 is 14.5 Å². The van der Waals surface area contributed by atoms with Crippen LogP contribution in [0.25, 0.3) is 10.2 Å². The van der Waals surface area contributed by atoms with Crippen molar-refractivity contribution in [3.63, 3.8) is 0 Å². The zero-order valence-electron chi connectivity index (χ0n) is 16.4. The van der Waals surface area contributed by atoms with E-state index in [1.807, 2.05) is 25.1 Å². The highest BCUT2D eigenvalue weighted by atomic mass is 35.5. The summed E-state index contributed by atoms with van der Waals surface area (Å²) in [5, 5.41) is 1.30. The number of amides is 1. The lowest BCUT2D eigenvalue weighted by Crippen LogP contribution is -3.05. The van der Waals surface area contributed by atoms with Crippen LogP contribution in [0.5, 0.6) is 5.75 Å². The van der Waals surface area contributed by atoms with E-state index in [0.717, 1.165) is 28.9 Å². The predicted octanol–water partition coefficient (Wildman–Crippen LogP) is 3.53. The van der Waals surface area contributed by atoms with Crippen LogP contribution in [0.2, 0.25) is 5.02 Å². The number of halogens is 1. The highest BCUT2D eigenvalue weighted by molar-refractivity contribution is 7.22. The Morgan fingerprint density at radius 1 is 1.21 bits per heavy atom. The quantitative estimate of drug-likeness (QED) is 0.608. The van der Waals surface area contributed by atoms with Crippen molar-refractivity contribution in [3.8, 4) is 5.75 Å². The number of fused-ring (bicyclic) bond motifs is 1. The van der Waals surface area contributed by atoms with Crippen LogP contribution in [0.4, 0.5) is 5.13 Å². The minimum absolute atomic E-state index is 0.0672. The summed E-state index contributed by atoms with van der Waals surface area (Å²) in [5.41, 5.74) is 1.40. The maximum atomic E-state index is 13.2. The van der Waals surface area contributed by atoms with Crippen LogP contribution in [0, 0.1) is 0 Å². The average Bonchev–Trinajstić information content (AvgIpc) is 3.10. The van der Waals surface area contributed by atoms with Crippen molar-refractivity contribution in [2.75, 3.05) is 38.7 Å². The predicted molar refractivity (Wildman–Crippen MR) is 116 cm³/mol. The molecule has 3 aromatic rings. The first-order valence-corrected chi connectivity index (χ1v) is 10.6. The first-order valence-electron chi connectivity index (χ1n) is 9.38. The maximum absolute atomic E-state index is 13.2. The van der Waals surface area contributed by atoms with E-state index in [2.05, 4.69) is 14.1 Å². The molecule has 2 aromatic carbocycles. The van der Waals surface area contributed by atoms with Crippen molar-refractivity contribution in [3.05, 3.63) is 53.1 Å². The van der Waals surface area contributed by atoms with Gasteiger partial charge in [-0.25, -0.2) is 4.98 Å². The highest BCUT2D eigenvalue weighted by Gasteiger charge is 2.22. The van der Waals surface area contributed by atoms with Gasteiger partial charge in [-0.05, 0) is 43.3 Å². The summed E-state index contributed by atoms with van der Waals surface area (Å²) in [7, 11) is 4.22. The minimum Gasteiger partial charge on any atom is -0.492 e. The Morgan fingerprint density at radius 3 is 2.64 bits per heavy atom. The lowest BCUT2D eigenvalue weighted by molar-refractivity contribution is -0.858. The van der Waals surface area contributed by atoms with Crippen LogP contribution in [0.1, 0.15) is 23.7 Å². The number of hydrogen-bond donors (Lipinski definition) is 1. The van der Waals surface area contributed by atoms with Gasteiger partial charge in [0.15, 0.2) is 5.13 Å². The van der Waals surface area contributed by atoms with E-state index >= 15 is 0 Å². The molecule has 0 aliphatic rings. The number of hydrogen-bond acceptors (Lipinski definition) is 4. The molecule has 0 saturated carbocycles. The van der Waals surface area contributed by atoms with Crippen molar-refractivity contribution in [1.82, 2.24) is 4.98 Å². The lowest BCUT2D eigenvalue weighted by Gasteiger charge is -2.20. The molecule has 5 nitrogen and oxygen atoms in total. The molecule has 0 fully saturated rings. The molecule has 0 aliphatic carbocycles. The standard InChI is InChI=1S/C21H24ClN3O2S/c1-4-27-17-7-5-8-18-19(17)23-21(28-18)25(14-6-13-24(2)3)20(26)15-9-11-16(22)12-10-15/h5,7-12H,4,6,13-14H2,1-3H3/p+1. The molecule has 0 unspecified atom stereocenters. The highest BCUT2D eigenvalue weighted by Crippen LogP contribution is 2.34. The van der Waals surface area contributed by atoms with Crippen LogP contribution in [-0.4, -0.2) is 44.7 Å². The van der Waals surface area contributed by atoms with E-state index in [9.17, 15) is 4.79 Å². The molecule has 0 bridgehead atoms. The summed E-state index contributed by atoms with van der Waals surface area (Å²) in [6.07, 6.45) is 0.885. The maximum Gasteiger partial charge on any atom is 0.260 e. The van der Waals surface area contributed by atoms with E-state index in [-0.39, 0.29) is 5.91 Å². The fourth-order valence-electron chi connectivity index (χ4n) is 2.92. The molecule has 0 radical (unpaired) electrons. The van der Waals surface area contributed by atoms with Gasteiger partial charge in [0.05, 0.1) is 31.9 Å². The van der Waals surface area contributed by atoms with Gasteiger partial charge in [0.1, 0.15) is 11.3 Å². The third-order valence-corrected chi connectivity index (χ3v) is 5.59. The van der Waals surface area contributed by atoms with Crippen LogP contribution in [0.15, 0.2) is 42.5 Å². The number of quaternary nitrogens is 1. The van der Waals surface area contributed by atoms with E-state index in [0.29, 0.717) is 28.9 Å². The Hall–Kier alpha value is -2.15. The van der Waals surface area contributed by atoms with E-state index in [4.69, 9.17) is 21.3 Å². The Labute approximate surface area is 174 Å². The van der Waals surface area contributed by atoms with Gasteiger partial charge in [-0.15, -0.1) is 0 Å². The SMILES string of the molecule is CCOc1cccc2sc(N(CCC[NH+](C)C)C(=O)c3ccc(Cl)cc3)nc12. The molecule has 0 atom stereocenters. The van der Waals surface area contributed by atoms with Crippen molar-refractivity contribution in [1.29, 1.82) is 0 Å². The van der Waals surface area contributed by atoms with Crippen LogP contribution >= 0.6 is 22.9 Å². The second-order valence-corrected chi connectivity index (χ2v) is 8.25. The molecule has 0 aliphatic heterocycles. The van der Waals surface area contributed by atoms with Crippen molar-refractivity contribution >= 4 is 44.2 Å². The van der Waals surface area contributed by atoms with Gasteiger partial charge in [-0.1, -0.05) is 29.0 Å². The number of carbonyl (C=O) groups is 1. The van der Waals surface area contributed by atoms with Crippen LogP contribution in [0.3, 0.4) is 0 Å². The zero-order valence-corrected chi connectivity index (χ0v) is 17.9. The second-order valence-electron chi connectivity index (χ2n) is 6.81. The summed E-state index contributed by atoms with van der Waals surface area (Å²) in [4.78, 5) is 21.1. The molecule has 0 spiro atoms. The number of nitrogens with one attached hydrogen (secondary N) is 1. The largest absolute Gasteiger partial charge is 0.492 e. The minimum atomic E-state index is -0.0672. The van der Waals surface area contributed by atoms with Gasteiger partial charge in [0, 0.05) is 23.6 Å². The first kappa shape index (κ1) is 20.6. The number of thiazole rings is 1. The summed E-state index contributed by atoms with van der Waals surface area (Å²) in [6.45, 7) is 4.10. The molecule has 3 rings (SSSR count). The first-order chi connectivity index (χ1) is 13.5. The summed E-state index contributed by atoms with van der Waals surface area (Å²) < 4.78 is 6.71. The fourth-order valence-corrected chi connectivity index (χ4v) is 4.06. The number of para-hydroxylation sites is 1. The third kappa shape index (κ3) is 4.82. The third-order valence-electron chi connectivity index (χ3n) is 4.30. The van der Waals surface area contributed by atoms with Gasteiger partial charge in [-0.3, -0.25) is 9.69 Å². The molecule has 0 saturated heterocycles. The molecule has 7 heteroatoms. The van der Waals surface area contributed by atoms with E-state index < -0.39 is 0 Å². The molecular formula is C21H25ClN3O2S+. The lowest BCUT2D eigenvalue weighted by atomic mass is 10.2. The van der Waals surface area contributed by atoms with Crippen molar-refractivity contribution < 1.29 is 14.4 Å². The molecule has 1 heterocycles. The Morgan fingerprint density at radius 2 is 1.96 bits per heavy atom. The molecule has 1 N–H and O–H groups in total. The number of benzene rings is 2.